The van der Waals surface area contributed by atoms with Crippen LogP contribution in [-0.2, 0) is 0 Å². The predicted molar refractivity (Wildman–Crippen MR) is 71.6 cm³/mol. The summed E-state index contributed by atoms with van der Waals surface area (Å²) >= 11 is 0. The number of nitrogens with one attached hydrogen (secondary N) is 1. The monoisotopic (exact) mass is 254 g/mol. The van der Waals surface area contributed by atoms with Gasteiger partial charge >= 0.3 is 0 Å². The topological polar surface area (TPSA) is 93.3 Å². The van der Waals surface area contributed by atoms with Gasteiger partial charge in [-0.05, 0) is 12.3 Å². The fraction of sp³-hybridized carbons (Fsp3) is 0.667. The van der Waals surface area contributed by atoms with Crippen molar-refractivity contribution >= 4 is 11.8 Å². The number of nitrogen functional groups attached to an aromatic ring is 1. The molecule has 18 heavy (non-hydrogen) atoms. The molecule has 1 rings (SSSR count). The molecule has 6 nitrogen and oxygen atoms in total. The van der Waals surface area contributed by atoms with Crippen LogP contribution in [0.5, 0.6) is 5.75 Å². The molecular formula is C12H22N4O2. The minimum Gasteiger partial charge on any atom is -0.491 e. The first-order valence-corrected chi connectivity index (χ1v) is 6.16. The summed E-state index contributed by atoms with van der Waals surface area (Å²) in [5.74, 6) is 1.74. The largest absolute Gasteiger partial charge is 0.491 e. The van der Waals surface area contributed by atoms with Crippen LogP contribution in [0.2, 0.25) is 0 Å². The van der Waals surface area contributed by atoms with Crippen molar-refractivity contribution in [1.82, 2.24) is 9.97 Å². The summed E-state index contributed by atoms with van der Waals surface area (Å²) in [6.45, 7) is 4.37. The number of methoxy groups -OCH3 is 1. The Bertz CT molecular complexity index is 373. The number of rotatable bonds is 7. The van der Waals surface area contributed by atoms with Crippen LogP contribution in [0.1, 0.15) is 26.7 Å². The van der Waals surface area contributed by atoms with E-state index in [1.165, 1.54) is 6.20 Å². The number of nitrogens with zero attached hydrogens (tertiary/aromatic N) is 2. The second kappa shape index (κ2) is 7.00. The zero-order chi connectivity index (χ0) is 13.5. The lowest BCUT2D eigenvalue weighted by Gasteiger charge is -2.24. The Kier molecular flexibility index (Phi) is 5.64. The summed E-state index contributed by atoms with van der Waals surface area (Å²) < 4.78 is 5.19. The van der Waals surface area contributed by atoms with Crippen molar-refractivity contribution in [3.63, 3.8) is 0 Å². The molecule has 0 radical (unpaired) electrons. The quantitative estimate of drug-likeness (QED) is 0.678. The first-order valence-electron chi connectivity index (χ1n) is 6.16. The Labute approximate surface area is 108 Å². The fourth-order valence-corrected chi connectivity index (χ4v) is 1.74. The van der Waals surface area contributed by atoms with Gasteiger partial charge in [-0.3, -0.25) is 0 Å². The van der Waals surface area contributed by atoms with E-state index in [0.29, 0.717) is 23.9 Å². The van der Waals surface area contributed by atoms with Crippen LogP contribution in [0.3, 0.4) is 0 Å². The zero-order valence-corrected chi connectivity index (χ0v) is 11.2. The molecule has 1 aromatic rings. The molecule has 0 aromatic carbocycles. The first-order chi connectivity index (χ1) is 8.62. The molecule has 0 aliphatic carbocycles. The molecule has 0 aliphatic rings. The molecule has 0 bridgehead atoms. The van der Waals surface area contributed by atoms with Crippen molar-refractivity contribution in [1.29, 1.82) is 0 Å². The molecule has 4 N–H and O–H groups in total. The van der Waals surface area contributed by atoms with E-state index in [1.54, 1.807) is 7.11 Å². The molecule has 1 heterocycles. The third-order valence-electron chi connectivity index (χ3n) is 3.09. The number of aromatic nitrogens is 2. The highest BCUT2D eigenvalue weighted by atomic mass is 16.5. The van der Waals surface area contributed by atoms with Gasteiger partial charge in [0.1, 0.15) is 0 Å². The van der Waals surface area contributed by atoms with Crippen molar-refractivity contribution in [2.45, 2.75) is 32.7 Å². The number of hydrogen-bond acceptors (Lipinski definition) is 6. The summed E-state index contributed by atoms with van der Waals surface area (Å²) in [5, 5.41) is 12.4. The lowest BCUT2D eigenvalue weighted by molar-refractivity contribution is 0.262. The molecule has 0 saturated carbocycles. The molecule has 0 spiro atoms. The summed E-state index contributed by atoms with van der Waals surface area (Å²) in [7, 11) is 1.56. The van der Waals surface area contributed by atoms with Crippen LogP contribution >= 0.6 is 0 Å². The predicted octanol–water partition coefficient (Wildman–Crippen LogP) is 1.28. The lowest BCUT2D eigenvalue weighted by atomic mass is 9.96. The molecule has 0 saturated heterocycles. The average Bonchev–Trinajstić information content (AvgIpc) is 2.37. The number of aliphatic hydroxyl groups excluding tert-OH is 1. The van der Waals surface area contributed by atoms with Gasteiger partial charge in [-0.15, -0.1) is 0 Å². The number of nitrogens with two attached hydrogens (primary N) is 1. The van der Waals surface area contributed by atoms with Gasteiger partial charge in [0.25, 0.3) is 0 Å². The van der Waals surface area contributed by atoms with Crippen molar-refractivity contribution in [2.75, 3.05) is 24.8 Å². The standard InChI is InChI=1S/C12H22N4O2/c1-4-8(2)9(5-6-17)15-11-10(18-3)7-14-12(13)16-11/h7-9,17H,4-6H2,1-3H3,(H3,13,14,15,16)/t8-,9+/m1/s1. The number of ether oxygens (including phenoxy) is 1. The molecular weight excluding hydrogens is 232 g/mol. The lowest BCUT2D eigenvalue weighted by Crippen LogP contribution is -2.29. The van der Waals surface area contributed by atoms with E-state index in [1.807, 2.05) is 0 Å². The average molecular weight is 254 g/mol. The van der Waals surface area contributed by atoms with Gasteiger partial charge < -0.3 is 20.9 Å². The van der Waals surface area contributed by atoms with Gasteiger partial charge in [-0.2, -0.15) is 4.98 Å². The minimum absolute atomic E-state index is 0.128. The maximum absolute atomic E-state index is 9.11. The van der Waals surface area contributed by atoms with Gasteiger partial charge in [0.2, 0.25) is 5.95 Å². The molecule has 1 aromatic heterocycles. The second-order valence-corrected chi connectivity index (χ2v) is 4.29. The summed E-state index contributed by atoms with van der Waals surface area (Å²) in [5.41, 5.74) is 5.57. The molecule has 6 heteroatoms. The Morgan fingerprint density at radius 3 is 2.83 bits per heavy atom. The Morgan fingerprint density at radius 2 is 2.28 bits per heavy atom. The van der Waals surface area contributed by atoms with Crippen LogP contribution in [0.4, 0.5) is 11.8 Å². The van der Waals surface area contributed by atoms with E-state index in [0.717, 1.165) is 6.42 Å². The number of hydrogen-bond donors (Lipinski definition) is 3. The van der Waals surface area contributed by atoms with E-state index in [9.17, 15) is 0 Å². The second-order valence-electron chi connectivity index (χ2n) is 4.29. The molecule has 0 unspecified atom stereocenters. The summed E-state index contributed by atoms with van der Waals surface area (Å²) in [6.07, 6.45) is 3.21. The molecule has 0 aliphatic heterocycles. The van der Waals surface area contributed by atoms with Crippen LogP contribution in [0.25, 0.3) is 0 Å². The van der Waals surface area contributed by atoms with E-state index >= 15 is 0 Å². The maximum atomic E-state index is 9.11. The zero-order valence-electron chi connectivity index (χ0n) is 11.2. The summed E-state index contributed by atoms with van der Waals surface area (Å²) in [4.78, 5) is 8.01. The van der Waals surface area contributed by atoms with Crippen LogP contribution in [0, 0.1) is 5.92 Å². The minimum atomic E-state index is 0.128. The maximum Gasteiger partial charge on any atom is 0.222 e. The number of aliphatic hydroxyl groups is 1. The van der Waals surface area contributed by atoms with Crippen LogP contribution < -0.4 is 15.8 Å². The summed E-state index contributed by atoms with van der Waals surface area (Å²) in [6, 6.07) is 0.128. The highest BCUT2D eigenvalue weighted by molar-refractivity contribution is 5.51. The van der Waals surface area contributed by atoms with Gasteiger partial charge in [0.05, 0.1) is 13.3 Å². The van der Waals surface area contributed by atoms with Crippen LogP contribution in [-0.4, -0.2) is 34.8 Å². The molecule has 0 fully saturated rings. The van der Waals surface area contributed by atoms with E-state index in [2.05, 4.69) is 29.1 Å². The van der Waals surface area contributed by atoms with E-state index < -0.39 is 0 Å². The SMILES string of the molecule is CC[C@@H](C)[C@H](CCO)Nc1nc(N)ncc1OC. The molecule has 102 valence electrons. The Hall–Kier alpha value is -1.56. The van der Waals surface area contributed by atoms with Gasteiger partial charge in [0.15, 0.2) is 11.6 Å². The van der Waals surface area contributed by atoms with Crippen LogP contribution in [0.15, 0.2) is 6.20 Å². The van der Waals surface area contributed by atoms with Crippen molar-refractivity contribution in [3.05, 3.63) is 6.20 Å². The van der Waals surface area contributed by atoms with Crippen molar-refractivity contribution < 1.29 is 9.84 Å². The normalized spacial score (nSPS) is 14.0. The number of anilines is 2. The highest BCUT2D eigenvalue weighted by Crippen LogP contribution is 2.24. The van der Waals surface area contributed by atoms with E-state index in [-0.39, 0.29) is 18.6 Å². The van der Waals surface area contributed by atoms with Crippen molar-refractivity contribution in [3.8, 4) is 5.75 Å². The molecule has 2 atom stereocenters. The Balaban J connectivity index is 2.88. The third-order valence-corrected chi connectivity index (χ3v) is 3.09. The molecule has 0 amide bonds. The van der Waals surface area contributed by atoms with Gasteiger partial charge in [0, 0.05) is 12.6 Å². The Morgan fingerprint density at radius 1 is 1.56 bits per heavy atom. The van der Waals surface area contributed by atoms with Gasteiger partial charge in [-0.25, -0.2) is 4.98 Å². The highest BCUT2D eigenvalue weighted by Gasteiger charge is 2.18. The third kappa shape index (κ3) is 3.73. The fourth-order valence-electron chi connectivity index (χ4n) is 1.74. The van der Waals surface area contributed by atoms with E-state index in [4.69, 9.17) is 15.6 Å². The van der Waals surface area contributed by atoms with Crippen molar-refractivity contribution in [2.24, 2.45) is 5.92 Å². The first kappa shape index (κ1) is 14.5. The van der Waals surface area contributed by atoms with Gasteiger partial charge in [-0.1, -0.05) is 20.3 Å². The smallest absolute Gasteiger partial charge is 0.222 e.